The first-order valence-corrected chi connectivity index (χ1v) is 9.10. The molecule has 1 atom stereocenters. The summed E-state index contributed by atoms with van der Waals surface area (Å²) in [6.07, 6.45) is 2.88. The van der Waals surface area contributed by atoms with E-state index in [9.17, 15) is 14.9 Å². The van der Waals surface area contributed by atoms with Gasteiger partial charge in [-0.3, -0.25) is 4.79 Å². The highest BCUT2D eigenvalue weighted by atomic mass is 16.5. The summed E-state index contributed by atoms with van der Waals surface area (Å²) in [6, 6.07) is 3.87. The van der Waals surface area contributed by atoms with E-state index in [1.165, 1.54) is 0 Å². The van der Waals surface area contributed by atoms with Gasteiger partial charge in [0, 0.05) is 24.5 Å². The molecule has 0 radical (unpaired) electrons. The van der Waals surface area contributed by atoms with Gasteiger partial charge in [-0.15, -0.1) is 0 Å². The first kappa shape index (κ1) is 19.8. The second-order valence-electron chi connectivity index (χ2n) is 7.18. The van der Waals surface area contributed by atoms with E-state index in [2.05, 4.69) is 23.7 Å². The highest BCUT2D eigenvalue weighted by Gasteiger charge is 2.26. The number of nitriles is 1. The van der Waals surface area contributed by atoms with Gasteiger partial charge in [0.25, 0.3) is 5.91 Å². The van der Waals surface area contributed by atoms with Crippen molar-refractivity contribution in [1.82, 2.24) is 9.88 Å². The van der Waals surface area contributed by atoms with Crippen LogP contribution in [0.25, 0.3) is 6.08 Å². The van der Waals surface area contributed by atoms with E-state index in [4.69, 9.17) is 4.74 Å². The molecule has 0 bridgehead atoms. The second-order valence-corrected chi connectivity index (χ2v) is 7.18. The van der Waals surface area contributed by atoms with Crippen LogP contribution in [0.3, 0.4) is 0 Å². The predicted octanol–water partition coefficient (Wildman–Crippen LogP) is 2.88. The number of rotatable bonds is 5. The first-order chi connectivity index (χ1) is 12.3. The average Bonchev–Trinajstić information content (AvgIpc) is 2.74. The van der Waals surface area contributed by atoms with Crippen molar-refractivity contribution in [3.05, 3.63) is 28.6 Å². The van der Waals surface area contributed by atoms with Crippen LogP contribution in [0.15, 0.2) is 11.6 Å². The molecule has 0 spiro atoms. The lowest BCUT2D eigenvalue weighted by atomic mass is 10.1. The smallest absolute Gasteiger partial charge is 0.349 e. The number of hydrogen-bond donors (Lipinski definition) is 1. The molecule has 1 aliphatic rings. The Bertz CT molecular complexity index is 753. The topological polar surface area (TPSA) is 84.1 Å². The molecule has 1 N–H and O–H groups in total. The lowest BCUT2D eigenvalue weighted by molar-refractivity contribution is -0.151. The number of esters is 1. The highest BCUT2D eigenvalue weighted by molar-refractivity contribution is 5.99. The summed E-state index contributed by atoms with van der Waals surface area (Å²) in [5.41, 5.74) is 2.81. The Labute approximate surface area is 154 Å². The minimum Gasteiger partial charge on any atom is -0.448 e. The van der Waals surface area contributed by atoms with Crippen LogP contribution >= 0.6 is 0 Å². The van der Waals surface area contributed by atoms with E-state index in [0.717, 1.165) is 36.3 Å². The Morgan fingerprint density at radius 3 is 2.85 bits per heavy atom. The van der Waals surface area contributed by atoms with Crippen molar-refractivity contribution in [2.75, 3.05) is 6.54 Å². The fraction of sp³-hybridized carbons (Fsp3) is 0.550. The number of aryl methyl sites for hydroxylation is 1. The number of amides is 1. The number of nitrogens with zero attached hydrogens (tertiary/aromatic N) is 2. The molecule has 1 fully saturated rings. The molecular weight excluding hydrogens is 330 g/mol. The van der Waals surface area contributed by atoms with Crippen molar-refractivity contribution < 1.29 is 14.3 Å². The zero-order valence-electron chi connectivity index (χ0n) is 16.0. The molecule has 2 rings (SSSR count). The Kier molecular flexibility index (Phi) is 6.62. The number of hydrogen-bond acceptors (Lipinski definition) is 4. The molecule has 1 saturated heterocycles. The summed E-state index contributed by atoms with van der Waals surface area (Å²) in [6.45, 7) is 9.73. The van der Waals surface area contributed by atoms with Crippen LogP contribution in [-0.2, 0) is 20.9 Å². The quantitative estimate of drug-likeness (QED) is 0.499. The molecule has 1 aromatic heterocycles. The van der Waals surface area contributed by atoms with Crippen molar-refractivity contribution in [3.8, 4) is 6.07 Å². The molecule has 6 heteroatoms. The number of ether oxygens (including phenoxy) is 1. The van der Waals surface area contributed by atoms with Gasteiger partial charge in [0.15, 0.2) is 6.10 Å². The predicted molar refractivity (Wildman–Crippen MR) is 99.1 cm³/mol. The SMILES string of the molecule is Cc1cc(/C=C(\C#N)C(=O)OC2CCCCNC2=O)c(C)n1CC(C)C. The summed E-state index contributed by atoms with van der Waals surface area (Å²) in [4.78, 5) is 24.3. The van der Waals surface area contributed by atoms with Crippen LogP contribution in [0, 0.1) is 31.1 Å². The standard InChI is InChI=1S/C20H27N3O3/c1-13(2)12-23-14(3)9-16(15(23)4)10-17(11-21)20(25)26-18-7-5-6-8-22-19(18)24/h9-10,13,18H,5-8,12H2,1-4H3,(H,22,24)/b17-10+. The fourth-order valence-electron chi connectivity index (χ4n) is 3.13. The maximum absolute atomic E-state index is 12.4. The lowest BCUT2D eigenvalue weighted by Crippen LogP contribution is -2.36. The van der Waals surface area contributed by atoms with Gasteiger partial charge in [-0.05, 0) is 56.7 Å². The van der Waals surface area contributed by atoms with E-state index in [-0.39, 0.29) is 11.5 Å². The molecular formula is C20H27N3O3. The van der Waals surface area contributed by atoms with Crippen LogP contribution in [0.4, 0.5) is 0 Å². The molecule has 2 heterocycles. The summed E-state index contributed by atoms with van der Waals surface area (Å²) in [7, 11) is 0. The molecule has 1 unspecified atom stereocenters. The monoisotopic (exact) mass is 357 g/mol. The van der Waals surface area contributed by atoms with E-state index < -0.39 is 12.1 Å². The highest BCUT2D eigenvalue weighted by Crippen LogP contribution is 2.20. The van der Waals surface area contributed by atoms with Crippen LogP contribution in [0.2, 0.25) is 0 Å². The number of carbonyl (C=O) groups is 2. The van der Waals surface area contributed by atoms with E-state index >= 15 is 0 Å². The summed E-state index contributed by atoms with van der Waals surface area (Å²) >= 11 is 0. The fourth-order valence-corrected chi connectivity index (χ4v) is 3.13. The summed E-state index contributed by atoms with van der Waals surface area (Å²) in [5.74, 6) is -0.544. The first-order valence-electron chi connectivity index (χ1n) is 9.10. The Balaban J connectivity index is 2.20. The largest absolute Gasteiger partial charge is 0.448 e. The third-order valence-corrected chi connectivity index (χ3v) is 4.53. The molecule has 1 aliphatic heterocycles. The third-order valence-electron chi connectivity index (χ3n) is 4.53. The van der Waals surface area contributed by atoms with Gasteiger partial charge >= 0.3 is 5.97 Å². The van der Waals surface area contributed by atoms with Crippen LogP contribution < -0.4 is 5.32 Å². The average molecular weight is 357 g/mol. The van der Waals surface area contributed by atoms with Crippen LogP contribution in [-0.4, -0.2) is 29.1 Å². The van der Waals surface area contributed by atoms with Crippen molar-refractivity contribution in [2.24, 2.45) is 5.92 Å². The normalized spacial score (nSPS) is 18.2. The Morgan fingerprint density at radius 2 is 2.19 bits per heavy atom. The van der Waals surface area contributed by atoms with Crippen molar-refractivity contribution in [3.63, 3.8) is 0 Å². The number of carbonyl (C=O) groups excluding carboxylic acids is 2. The molecule has 6 nitrogen and oxygen atoms in total. The maximum atomic E-state index is 12.4. The minimum absolute atomic E-state index is 0.0909. The van der Waals surface area contributed by atoms with Crippen molar-refractivity contribution in [2.45, 2.75) is 59.6 Å². The molecule has 0 saturated carbocycles. The van der Waals surface area contributed by atoms with E-state index in [0.29, 0.717) is 18.9 Å². The molecule has 0 aliphatic carbocycles. The second kappa shape index (κ2) is 8.70. The van der Waals surface area contributed by atoms with Gasteiger partial charge < -0.3 is 14.6 Å². The molecule has 1 aromatic rings. The lowest BCUT2D eigenvalue weighted by Gasteiger charge is -2.14. The van der Waals surface area contributed by atoms with E-state index in [1.807, 2.05) is 26.0 Å². The minimum atomic E-state index is -0.824. The number of nitrogens with one attached hydrogen (secondary N) is 1. The Morgan fingerprint density at radius 1 is 1.46 bits per heavy atom. The number of aromatic nitrogens is 1. The van der Waals surface area contributed by atoms with Crippen molar-refractivity contribution in [1.29, 1.82) is 5.26 Å². The molecule has 1 amide bonds. The zero-order chi connectivity index (χ0) is 19.3. The van der Waals surface area contributed by atoms with E-state index in [1.54, 1.807) is 6.08 Å². The Hall–Kier alpha value is -2.55. The van der Waals surface area contributed by atoms with Gasteiger partial charge in [0.05, 0.1) is 0 Å². The van der Waals surface area contributed by atoms with Gasteiger partial charge in [0.2, 0.25) is 0 Å². The maximum Gasteiger partial charge on any atom is 0.349 e. The third kappa shape index (κ3) is 4.75. The molecule has 26 heavy (non-hydrogen) atoms. The summed E-state index contributed by atoms with van der Waals surface area (Å²) < 4.78 is 7.48. The van der Waals surface area contributed by atoms with Crippen molar-refractivity contribution >= 4 is 18.0 Å². The van der Waals surface area contributed by atoms with Gasteiger partial charge in [-0.25, -0.2) is 4.79 Å². The van der Waals surface area contributed by atoms with Crippen LogP contribution in [0.5, 0.6) is 0 Å². The zero-order valence-corrected chi connectivity index (χ0v) is 16.0. The molecule has 0 aromatic carbocycles. The van der Waals surface area contributed by atoms with Crippen LogP contribution in [0.1, 0.15) is 50.1 Å². The molecule has 140 valence electrons. The van der Waals surface area contributed by atoms with Gasteiger partial charge in [-0.1, -0.05) is 13.8 Å². The van der Waals surface area contributed by atoms with Gasteiger partial charge in [-0.2, -0.15) is 5.26 Å². The van der Waals surface area contributed by atoms with Gasteiger partial charge in [0.1, 0.15) is 11.6 Å². The summed E-state index contributed by atoms with van der Waals surface area (Å²) in [5, 5.41) is 12.1.